The summed E-state index contributed by atoms with van der Waals surface area (Å²) in [6.07, 6.45) is 0. The first-order valence-corrected chi connectivity index (χ1v) is 7.98. The van der Waals surface area contributed by atoms with Crippen LogP contribution in [-0.2, 0) is 0 Å². The number of aryl methyl sites for hydroxylation is 3. The van der Waals surface area contributed by atoms with Crippen LogP contribution in [0.2, 0.25) is 0 Å². The lowest BCUT2D eigenvalue weighted by atomic mass is 10.1. The molecule has 0 aliphatic rings. The molecule has 66 valence electrons. The van der Waals surface area contributed by atoms with Gasteiger partial charge in [-0.3, -0.25) is 0 Å². The van der Waals surface area contributed by atoms with E-state index >= 15 is 0 Å². The fraction of sp³-hybridized carbons (Fsp3) is 0.333. The largest absolute Gasteiger partial charge is 0.0914 e. The monoisotopic (exact) mass is 264 g/mol. The van der Waals surface area contributed by atoms with Crippen molar-refractivity contribution >= 4 is 38.0 Å². The summed E-state index contributed by atoms with van der Waals surface area (Å²) in [7, 11) is 0. The maximum atomic E-state index is 6.05. The Kier molecular flexibility index (Phi) is 3.58. The van der Waals surface area contributed by atoms with E-state index in [1.807, 2.05) is 0 Å². The molecule has 0 saturated heterocycles. The van der Waals surface area contributed by atoms with Crippen molar-refractivity contribution in [2.24, 2.45) is 0 Å². The van der Waals surface area contributed by atoms with Crippen molar-refractivity contribution in [3.63, 3.8) is 0 Å². The molecule has 0 bridgehead atoms. The molecule has 0 radical (unpaired) electrons. The van der Waals surface area contributed by atoms with E-state index in [4.69, 9.17) is 11.2 Å². The Labute approximate surface area is 87.6 Å². The molecule has 12 heavy (non-hydrogen) atoms. The van der Waals surface area contributed by atoms with Gasteiger partial charge in [0.1, 0.15) is 0 Å². The Morgan fingerprint density at radius 1 is 1.17 bits per heavy atom. The van der Waals surface area contributed by atoms with Crippen LogP contribution >= 0.6 is 32.7 Å². The first-order valence-electron chi connectivity index (χ1n) is 3.72. The molecule has 1 aromatic rings. The van der Waals surface area contributed by atoms with Crippen molar-refractivity contribution in [3.8, 4) is 0 Å². The minimum Gasteiger partial charge on any atom is -0.0781 e. The molecule has 0 saturated carbocycles. The highest BCUT2D eigenvalue weighted by Gasteiger charge is 2.10. The van der Waals surface area contributed by atoms with Gasteiger partial charge in [0.25, 0.3) is 0 Å². The van der Waals surface area contributed by atoms with Gasteiger partial charge in [0.05, 0.1) is 5.98 Å². The Morgan fingerprint density at radius 3 is 1.92 bits per heavy atom. The van der Waals surface area contributed by atoms with E-state index in [9.17, 15) is 0 Å². The van der Waals surface area contributed by atoms with Gasteiger partial charge in [-0.05, 0) is 47.4 Å². The number of hydrogen-bond donors (Lipinski definition) is 0. The zero-order valence-corrected chi connectivity index (χ0v) is 10.6. The molecule has 0 nitrogen and oxygen atoms in total. The third kappa shape index (κ3) is 2.22. The van der Waals surface area contributed by atoms with Gasteiger partial charge in [0.15, 0.2) is 0 Å². The van der Waals surface area contributed by atoms with Gasteiger partial charge in [-0.2, -0.15) is 0 Å². The van der Waals surface area contributed by atoms with Crippen LogP contribution in [0.1, 0.15) is 16.7 Å². The summed E-state index contributed by atoms with van der Waals surface area (Å²) < 4.78 is 0. The smallest absolute Gasteiger partial charge is 0.0781 e. The van der Waals surface area contributed by atoms with Gasteiger partial charge < -0.3 is 0 Å². The lowest BCUT2D eigenvalue weighted by Gasteiger charge is -2.11. The molecule has 1 unspecified atom stereocenters. The fourth-order valence-electron chi connectivity index (χ4n) is 1.44. The minimum atomic E-state index is -0.665. The van der Waals surface area contributed by atoms with Gasteiger partial charge in [0.2, 0.25) is 0 Å². The van der Waals surface area contributed by atoms with Crippen molar-refractivity contribution in [1.82, 2.24) is 0 Å². The first-order chi connectivity index (χ1) is 5.52. The van der Waals surface area contributed by atoms with Crippen LogP contribution in [0.4, 0.5) is 0 Å². The maximum Gasteiger partial charge on any atom is 0.0914 e. The molecule has 1 rings (SSSR count). The average molecular weight is 266 g/mol. The normalized spacial score (nSPS) is 13.1. The molecule has 0 heterocycles. The minimum absolute atomic E-state index is 0.665. The predicted molar refractivity (Wildman–Crippen MR) is 62.0 cm³/mol. The zero-order chi connectivity index (χ0) is 9.30. The van der Waals surface area contributed by atoms with E-state index in [0.29, 0.717) is 0 Å². The number of rotatable bonds is 1. The fourth-order valence-corrected chi connectivity index (χ4v) is 4.58. The second-order valence-corrected chi connectivity index (χ2v) is 8.26. The second-order valence-electron chi connectivity index (χ2n) is 2.98. The van der Waals surface area contributed by atoms with Crippen LogP contribution in [0.3, 0.4) is 0 Å². The third-order valence-corrected chi connectivity index (χ3v) is 4.42. The van der Waals surface area contributed by atoms with E-state index in [1.165, 1.54) is 22.0 Å². The molecule has 0 aromatic heterocycles. The summed E-state index contributed by atoms with van der Waals surface area (Å²) in [6.45, 7) is 6.32. The van der Waals surface area contributed by atoms with Crippen molar-refractivity contribution in [2.45, 2.75) is 20.8 Å². The van der Waals surface area contributed by atoms with Crippen molar-refractivity contribution in [3.05, 3.63) is 28.8 Å². The molecule has 1 atom stereocenters. The van der Waals surface area contributed by atoms with Crippen LogP contribution in [-0.4, -0.2) is 0 Å². The second kappa shape index (κ2) is 4.09. The van der Waals surface area contributed by atoms with Crippen LogP contribution in [0.15, 0.2) is 12.1 Å². The summed E-state index contributed by atoms with van der Waals surface area (Å²) in [5.41, 5.74) is 3.87. The number of halogens is 2. The van der Waals surface area contributed by atoms with E-state index < -0.39 is 5.98 Å². The molecule has 0 aliphatic carbocycles. The standard InChI is InChI=1S/C9H11BrClP/c1-6-4-7(2)9(12(10)11)8(3)5-6/h4-5H,1-3H3. The highest BCUT2D eigenvalue weighted by atomic mass is 79.9. The van der Waals surface area contributed by atoms with E-state index in [1.54, 1.807) is 0 Å². The highest BCUT2D eigenvalue weighted by molar-refractivity contribution is 9.42. The third-order valence-electron chi connectivity index (χ3n) is 1.80. The molecular weight excluding hydrogens is 254 g/mol. The molecule has 3 heteroatoms. The molecule has 1 aromatic carbocycles. The van der Waals surface area contributed by atoms with E-state index in [0.717, 1.165) is 0 Å². The molecular formula is C9H11BrClP. The van der Waals surface area contributed by atoms with Crippen LogP contribution in [0.5, 0.6) is 0 Å². The van der Waals surface area contributed by atoms with Crippen molar-refractivity contribution in [2.75, 3.05) is 0 Å². The lowest BCUT2D eigenvalue weighted by molar-refractivity contribution is 1.36. The SMILES string of the molecule is Cc1cc(C)c(P(Cl)Br)c(C)c1. The number of benzene rings is 1. The quantitative estimate of drug-likeness (QED) is 0.668. The number of hydrogen-bond acceptors (Lipinski definition) is 0. The summed E-state index contributed by atoms with van der Waals surface area (Å²) in [5.74, 6) is -0.665. The molecule has 0 fully saturated rings. The van der Waals surface area contributed by atoms with Gasteiger partial charge in [-0.15, -0.1) is 0 Å². The molecule has 0 spiro atoms. The zero-order valence-electron chi connectivity index (χ0n) is 7.36. The van der Waals surface area contributed by atoms with Gasteiger partial charge >= 0.3 is 0 Å². The van der Waals surface area contributed by atoms with E-state index in [2.05, 4.69) is 48.4 Å². The van der Waals surface area contributed by atoms with E-state index in [-0.39, 0.29) is 0 Å². The maximum absolute atomic E-state index is 6.05. The molecule has 0 aliphatic heterocycles. The van der Waals surface area contributed by atoms with Crippen LogP contribution < -0.4 is 5.30 Å². The van der Waals surface area contributed by atoms with Crippen LogP contribution in [0.25, 0.3) is 0 Å². The topological polar surface area (TPSA) is 0 Å². The Morgan fingerprint density at radius 2 is 1.58 bits per heavy atom. The van der Waals surface area contributed by atoms with Crippen molar-refractivity contribution < 1.29 is 0 Å². The first kappa shape index (κ1) is 10.5. The van der Waals surface area contributed by atoms with Crippen molar-refractivity contribution in [1.29, 1.82) is 0 Å². The molecule has 0 N–H and O–H groups in total. The highest BCUT2D eigenvalue weighted by Crippen LogP contribution is 2.49. The average Bonchev–Trinajstić information content (AvgIpc) is 1.82. The Balaban J connectivity index is 3.28. The van der Waals surface area contributed by atoms with Gasteiger partial charge in [-0.1, -0.05) is 28.9 Å². The van der Waals surface area contributed by atoms with Crippen LogP contribution in [0, 0.1) is 20.8 Å². The van der Waals surface area contributed by atoms with Gasteiger partial charge in [-0.25, -0.2) is 0 Å². The Hall–Kier alpha value is 0.420. The molecule has 0 amide bonds. The summed E-state index contributed by atoms with van der Waals surface area (Å²) >= 11 is 9.49. The summed E-state index contributed by atoms with van der Waals surface area (Å²) in [4.78, 5) is 0. The van der Waals surface area contributed by atoms with Gasteiger partial charge in [0, 0.05) is 5.30 Å². The summed E-state index contributed by atoms with van der Waals surface area (Å²) in [6, 6.07) is 4.34. The lowest BCUT2D eigenvalue weighted by Crippen LogP contribution is -2.05. The summed E-state index contributed by atoms with van der Waals surface area (Å²) in [5, 5.41) is 1.26. The predicted octanol–water partition coefficient (Wildman–Crippen LogP) is 4.18. The Bertz CT molecular complexity index is 274.